The van der Waals surface area contributed by atoms with Gasteiger partial charge in [0.1, 0.15) is 5.76 Å². The van der Waals surface area contributed by atoms with Gasteiger partial charge in [-0.3, -0.25) is 4.79 Å². The molecule has 1 aliphatic rings. The van der Waals surface area contributed by atoms with E-state index in [2.05, 4.69) is 10.5 Å². The Balaban J connectivity index is 1.57. The lowest BCUT2D eigenvalue weighted by Gasteiger charge is -2.13. The Morgan fingerprint density at radius 3 is 2.74 bits per heavy atom. The maximum Gasteiger partial charge on any atom is 0.339 e. The van der Waals surface area contributed by atoms with Gasteiger partial charge in [0.15, 0.2) is 6.61 Å². The molecule has 0 spiro atoms. The predicted molar refractivity (Wildman–Crippen MR) is 103 cm³/mol. The molecule has 1 amide bonds. The van der Waals surface area contributed by atoms with E-state index in [0.29, 0.717) is 17.2 Å². The third-order valence-electron chi connectivity index (χ3n) is 4.71. The number of benzene rings is 1. The highest BCUT2D eigenvalue weighted by atomic mass is 32.2. The van der Waals surface area contributed by atoms with Crippen LogP contribution in [0.1, 0.15) is 47.1 Å². The van der Waals surface area contributed by atoms with Crippen molar-refractivity contribution in [2.45, 2.75) is 50.3 Å². The summed E-state index contributed by atoms with van der Waals surface area (Å²) in [5.74, 6) is 1.23. The largest absolute Gasteiger partial charge is 0.452 e. The number of nitrogens with one attached hydrogen (secondary N) is 1. The number of hydrogen-bond donors (Lipinski definition) is 1. The van der Waals surface area contributed by atoms with Gasteiger partial charge in [0.2, 0.25) is 0 Å². The molecule has 1 atom stereocenters. The topological polar surface area (TPSA) is 81.4 Å². The monoisotopic (exact) mass is 388 g/mol. The van der Waals surface area contributed by atoms with Crippen molar-refractivity contribution in [1.82, 2.24) is 10.5 Å². The van der Waals surface area contributed by atoms with E-state index < -0.39 is 5.97 Å². The fourth-order valence-electron chi connectivity index (χ4n) is 2.84. The number of carbonyl (C=O) groups is 2. The maximum atomic E-state index is 12.5. The van der Waals surface area contributed by atoms with E-state index >= 15 is 0 Å². The van der Waals surface area contributed by atoms with E-state index in [9.17, 15) is 9.59 Å². The SMILES string of the molecule is Cc1noc(C)c1CSc1ccccc1C(=O)OCC(=O)N[C@@H](C)C1CC1. The van der Waals surface area contributed by atoms with Crippen LogP contribution in [0.4, 0.5) is 0 Å². The molecule has 3 rings (SSSR count). The number of hydrogen-bond acceptors (Lipinski definition) is 6. The summed E-state index contributed by atoms with van der Waals surface area (Å²) in [5, 5.41) is 6.83. The fraction of sp³-hybridized carbons (Fsp3) is 0.450. The second-order valence-electron chi connectivity index (χ2n) is 6.86. The van der Waals surface area contributed by atoms with Gasteiger partial charge in [-0.15, -0.1) is 11.8 Å². The molecule has 0 aliphatic heterocycles. The first kappa shape index (κ1) is 19.5. The minimum absolute atomic E-state index is 0.133. The van der Waals surface area contributed by atoms with E-state index in [4.69, 9.17) is 9.26 Å². The Morgan fingerprint density at radius 1 is 1.33 bits per heavy atom. The molecule has 0 unspecified atom stereocenters. The van der Waals surface area contributed by atoms with Crippen LogP contribution in [0.15, 0.2) is 33.7 Å². The second kappa shape index (κ2) is 8.61. The summed E-state index contributed by atoms with van der Waals surface area (Å²) in [6.45, 7) is 5.49. The molecular formula is C20H24N2O4S. The van der Waals surface area contributed by atoms with E-state index in [0.717, 1.165) is 34.8 Å². The normalized spacial score (nSPS) is 14.6. The molecular weight excluding hydrogens is 364 g/mol. The Labute approximate surface area is 163 Å². The third kappa shape index (κ3) is 5.13. The standard InChI is InChI=1S/C20H24N2O4S/c1-12(15-8-9-15)21-19(23)10-25-20(24)16-6-4-5-7-18(16)27-11-17-13(2)22-26-14(17)3/h4-7,12,15H,8-11H2,1-3H3,(H,21,23)/t12-/m0/s1. The van der Waals surface area contributed by atoms with Crippen LogP contribution in [0.3, 0.4) is 0 Å². The summed E-state index contributed by atoms with van der Waals surface area (Å²) in [4.78, 5) is 25.2. The molecule has 0 radical (unpaired) electrons. The van der Waals surface area contributed by atoms with Gasteiger partial charge in [-0.2, -0.15) is 0 Å². The summed E-state index contributed by atoms with van der Waals surface area (Å²) in [5.41, 5.74) is 2.33. The minimum atomic E-state index is -0.494. The van der Waals surface area contributed by atoms with Crippen LogP contribution < -0.4 is 5.32 Å². The van der Waals surface area contributed by atoms with Gasteiger partial charge in [0.25, 0.3) is 5.91 Å². The van der Waals surface area contributed by atoms with Crippen LogP contribution in [0.2, 0.25) is 0 Å². The molecule has 144 valence electrons. The Bertz CT molecular complexity index is 810. The van der Waals surface area contributed by atoms with Crippen LogP contribution in [0.5, 0.6) is 0 Å². The van der Waals surface area contributed by atoms with Crippen LogP contribution in [0, 0.1) is 19.8 Å². The zero-order chi connectivity index (χ0) is 19.4. The predicted octanol–water partition coefficient (Wildman–Crippen LogP) is 3.66. The first-order valence-corrected chi connectivity index (χ1v) is 10.0. The van der Waals surface area contributed by atoms with Gasteiger partial charge in [-0.05, 0) is 51.7 Å². The summed E-state index contributed by atoms with van der Waals surface area (Å²) in [6.07, 6.45) is 2.30. The molecule has 27 heavy (non-hydrogen) atoms. The average Bonchev–Trinajstić information content (AvgIpc) is 3.45. The van der Waals surface area contributed by atoms with Crippen molar-refractivity contribution >= 4 is 23.6 Å². The van der Waals surface area contributed by atoms with Crippen LogP contribution in [-0.2, 0) is 15.3 Å². The summed E-state index contributed by atoms with van der Waals surface area (Å²) in [7, 11) is 0. The quantitative estimate of drug-likeness (QED) is 0.549. The third-order valence-corrected chi connectivity index (χ3v) is 5.81. The number of ether oxygens (including phenoxy) is 1. The Hall–Kier alpha value is -2.28. The van der Waals surface area contributed by atoms with E-state index in [1.807, 2.05) is 32.9 Å². The van der Waals surface area contributed by atoms with Crippen molar-refractivity contribution in [1.29, 1.82) is 0 Å². The lowest BCUT2D eigenvalue weighted by molar-refractivity contribution is -0.125. The molecule has 1 aliphatic carbocycles. The molecule has 0 saturated heterocycles. The number of aryl methyl sites for hydroxylation is 2. The lowest BCUT2D eigenvalue weighted by Crippen LogP contribution is -2.37. The summed E-state index contributed by atoms with van der Waals surface area (Å²) < 4.78 is 10.4. The van der Waals surface area contributed by atoms with Gasteiger partial charge in [-0.25, -0.2) is 4.79 Å². The van der Waals surface area contributed by atoms with Crippen molar-refractivity contribution < 1.29 is 18.8 Å². The van der Waals surface area contributed by atoms with Gasteiger partial charge in [-0.1, -0.05) is 17.3 Å². The van der Waals surface area contributed by atoms with Gasteiger partial charge in [0, 0.05) is 22.3 Å². The minimum Gasteiger partial charge on any atom is -0.452 e. The molecule has 1 heterocycles. The van der Waals surface area contributed by atoms with Gasteiger partial charge < -0.3 is 14.6 Å². The maximum absolute atomic E-state index is 12.5. The smallest absolute Gasteiger partial charge is 0.339 e. The summed E-state index contributed by atoms with van der Waals surface area (Å²) >= 11 is 1.52. The van der Waals surface area contributed by atoms with Crippen molar-refractivity contribution in [3.63, 3.8) is 0 Å². The first-order chi connectivity index (χ1) is 13.0. The number of carbonyl (C=O) groups excluding carboxylic acids is 2. The van der Waals surface area contributed by atoms with Crippen molar-refractivity contribution in [2.24, 2.45) is 5.92 Å². The molecule has 0 bridgehead atoms. The van der Waals surface area contributed by atoms with Gasteiger partial charge in [0.05, 0.1) is 11.3 Å². The summed E-state index contributed by atoms with van der Waals surface area (Å²) in [6, 6.07) is 7.37. The average molecular weight is 388 g/mol. The fourth-order valence-corrected chi connectivity index (χ4v) is 4.03. The number of rotatable bonds is 8. The van der Waals surface area contributed by atoms with Crippen molar-refractivity contribution in [2.75, 3.05) is 6.61 Å². The number of thioether (sulfide) groups is 1. The van der Waals surface area contributed by atoms with Crippen LogP contribution in [-0.4, -0.2) is 29.7 Å². The highest BCUT2D eigenvalue weighted by molar-refractivity contribution is 7.98. The number of amides is 1. The number of nitrogens with zero attached hydrogens (tertiary/aromatic N) is 1. The van der Waals surface area contributed by atoms with Gasteiger partial charge >= 0.3 is 5.97 Å². The zero-order valence-electron chi connectivity index (χ0n) is 15.8. The highest BCUT2D eigenvalue weighted by Gasteiger charge is 2.29. The zero-order valence-corrected chi connectivity index (χ0v) is 16.6. The molecule has 1 aromatic heterocycles. The molecule has 7 heteroatoms. The van der Waals surface area contributed by atoms with E-state index in [1.165, 1.54) is 11.8 Å². The Kier molecular flexibility index (Phi) is 6.21. The van der Waals surface area contributed by atoms with E-state index in [1.54, 1.807) is 12.1 Å². The number of aromatic nitrogens is 1. The molecule has 1 fully saturated rings. The highest BCUT2D eigenvalue weighted by Crippen LogP contribution is 2.32. The van der Waals surface area contributed by atoms with Crippen molar-refractivity contribution in [3.8, 4) is 0 Å². The Morgan fingerprint density at radius 2 is 2.07 bits per heavy atom. The molecule has 2 aromatic rings. The molecule has 1 saturated carbocycles. The van der Waals surface area contributed by atoms with Crippen LogP contribution >= 0.6 is 11.8 Å². The first-order valence-electron chi connectivity index (χ1n) is 9.05. The van der Waals surface area contributed by atoms with Crippen LogP contribution in [0.25, 0.3) is 0 Å². The lowest BCUT2D eigenvalue weighted by atomic mass is 10.2. The molecule has 6 nitrogen and oxygen atoms in total. The second-order valence-corrected chi connectivity index (χ2v) is 7.87. The molecule has 1 N–H and O–H groups in total. The molecule has 1 aromatic carbocycles. The number of esters is 1. The van der Waals surface area contributed by atoms with E-state index in [-0.39, 0.29) is 18.6 Å². The van der Waals surface area contributed by atoms with Crippen molar-refractivity contribution in [3.05, 3.63) is 46.8 Å².